The van der Waals surface area contributed by atoms with E-state index in [2.05, 4.69) is 5.32 Å². The van der Waals surface area contributed by atoms with Gasteiger partial charge in [0.25, 0.3) is 11.8 Å². The number of carbonyl (C=O) groups is 4. The van der Waals surface area contributed by atoms with Gasteiger partial charge in [-0.15, -0.1) is 0 Å². The Kier molecular flexibility index (Phi) is 12.6. The van der Waals surface area contributed by atoms with Crippen molar-refractivity contribution in [2.24, 2.45) is 5.41 Å². The molecule has 0 aromatic heterocycles. The molecule has 4 rings (SSSR count). The zero-order valence-corrected chi connectivity index (χ0v) is 28.3. The number of benzene rings is 2. The van der Waals surface area contributed by atoms with E-state index >= 15 is 0 Å². The Bertz CT molecular complexity index is 1400. The second-order valence-electron chi connectivity index (χ2n) is 12.7. The Hall–Kier alpha value is -4.12. The third-order valence-electron chi connectivity index (χ3n) is 9.19. The number of nitrogens with one attached hydrogen (secondary N) is 1. The van der Waals surface area contributed by atoms with Crippen molar-refractivity contribution in [1.82, 2.24) is 15.1 Å². The number of likely N-dealkylation sites (tertiary alicyclic amines) is 1. The van der Waals surface area contributed by atoms with Gasteiger partial charge < -0.3 is 34.1 Å². The van der Waals surface area contributed by atoms with Crippen molar-refractivity contribution in [2.75, 3.05) is 53.6 Å². The van der Waals surface area contributed by atoms with Gasteiger partial charge in [0.2, 0.25) is 5.78 Å². The molecule has 2 atom stereocenters. The van der Waals surface area contributed by atoms with Crippen LogP contribution in [0.3, 0.4) is 0 Å². The van der Waals surface area contributed by atoms with Crippen LogP contribution in [-0.2, 0) is 30.3 Å². The first-order valence-electron chi connectivity index (χ1n) is 16.6. The number of methoxy groups -OCH3 is 2. The van der Waals surface area contributed by atoms with Gasteiger partial charge in [-0.1, -0.05) is 39.0 Å². The van der Waals surface area contributed by atoms with Gasteiger partial charge in [0.05, 0.1) is 14.2 Å². The number of esters is 1. The van der Waals surface area contributed by atoms with Crippen molar-refractivity contribution < 1.29 is 38.1 Å². The molecule has 0 unspecified atom stereocenters. The number of ether oxygens (including phenoxy) is 4. The van der Waals surface area contributed by atoms with Crippen LogP contribution < -0.4 is 19.5 Å². The van der Waals surface area contributed by atoms with E-state index in [1.54, 1.807) is 51.2 Å². The van der Waals surface area contributed by atoms with E-state index < -0.39 is 35.2 Å². The maximum atomic E-state index is 13.9. The van der Waals surface area contributed by atoms with Crippen molar-refractivity contribution in [3.63, 3.8) is 0 Å². The number of rotatable bonds is 14. The van der Waals surface area contributed by atoms with Crippen LogP contribution in [-0.4, -0.2) is 93.0 Å². The summed E-state index contributed by atoms with van der Waals surface area (Å²) in [7, 11) is 3.16. The van der Waals surface area contributed by atoms with Gasteiger partial charge in [-0.05, 0) is 73.9 Å². The van der Waals surface area contributed by atoms with Gasteiger partial charge in [0.15, 0.2) is 18.1 Å². The van der Waals surface area contributed by atoms with Crippen LogP contribution in [0, 0.1) is 5.41 Å². The maximum Gasteiger partial charge on any atom is 0.329 e. The second kappa shape index (κ2) is 16.6. The third-order valence-corrected chi connectivity index (χ3v) is 9.19. The molecule has 0 bridgehead atoms. The third kappa shape index (κ3) is 9.24. The molecular formula is C36H49N3O8. The van der Waals surface area contributed by atoms with Crippen molar-refractivity contribution in [3.8, 4) is 17.2 Å². The Balaban J connectivity index is 1.55. The summed E-state index contributed by atoms with van der Waals surface area (Å²) in [6, 6.07) is 12.0. The van der Waals surface area contributed by atoms with E-state index in [4.69, 9.17) is 18.9 Å². The van der Waals surface area contributed by atoms with Gasteiger partial charge in [0.1, 0.15) is 17.9 Å². The largest absolute Gasteiger partial charge is 0.493 e. The topological polar surface area (TPSA) is 124 Å². The molecule has 2 amide bonds. The van der Waals surface area contributed by atoms with Crippen LogP contribution in [0.25, 0.3) is 0 Å². The van der Waals surface area contributed by atoms with E-state index in [0.29, 0.717) is 74.6 Å². The molecule has 0 aliphatic carbocycles. The first-order chi connectivity index (χ1) is 22.6. The fourth-order valence-corrected chi connectivity index (χ4v) is 5.80. The molecule has 256 valence electrons. The van der Waals surface area contributed by atoms with Crippen molar-refractivity contribution in [2.45, 2.75) is 71.4 Å². The molecule has 2 aliphatic rings. The number of ketones is 1. The Morgan fingerprint density at radius 3 is 2.40 bits per heavy atom. The van der Waals surface area contributed by atoms with Crippen molar-refractivity contribution >= 4 is 23.6 Å². The molecule has 2 saturated heterocycles. The predicted octanol–water partition coefficient (Wildman–Crippen LogP) is 4.12. The van der Waals surface area contributed by atoms with Crippen LogP contribution in [0.4, 0.5) is 0 Å². The molecule has 2 aromatic carbocycles. The van der Waals surface area contributed by atoms with E-state index in [1.807, 2.05) is 31.2 Å². The average molecular weight is 652 g/mol. The number of amides is 2. The normalized spacial score (nSPS) is 17.4. The average Bonchev–Trinajstić information content (AvgIpc) is 3.11. The highest BCUT2D eigenvalue weighted by Gasteiger charge is 2.41. The summed E-state index contributed by atoms with van der Waals surface area (Å²) in [5, 5.41) is 3.23. The summed E-state index contributed by atoms with van der Waals surface area (Å²) in [5.74, 6) is -0.0647. The highest BCUT2D eigenvalue weighted by molar-refractivity contribution is 6.38. The Labute approximate surface area is 277 Å². The molecule has 47 heavy (non-hydrogen) atoms. The SMILES string of the molecule is CCC(C)(C)C(=O)C(=O)N1CCCC[C@H]1C(=O)O[C@H](CCc1ccc(OC)c(OC)c1)c1cccc(OCC(=O)N2CCNCC2)c1. The molecule has 11 nitrogen and oxygen atoms in total. The molecule has 2 aromatic rings. The number of carbonyl (C=O) groups excluding carboxylic acids is 4. The minimum absolute atomic E-state index is 0.0869. The molecular weight excluding hydrogens is 602 g/mol. The smallest absolute Gasteiger partial charge is 0.329 e. The lowest BCUT2D eigenvalue weighted by atomic mass is 9.84. The lowest BCUT2D eigenvalue weighted by Gasteiger charge is -2.36. The zero-order valence-electron chi connectivity index (χ0n) is 28.3. The maximum absolute atomic E-state index is 13.9. The quantitative estimate of drug-likeness (QED) is 0.237. The number of aryl methyl sites for hydroxylation is 1. The number of piperazine rings is 1. The monoisotopic (exact) mass is 651 g/mol. The lowest BCUT2D eigenvalue weighted by Crippen LogP contribution is -2.53. The Morgan fingerprint density at radius 1 is 0.957 bits per heavy atom. The molecule has 2 heterocycles. The van der Waals surface area contributed by atoms with E-state index in [0.717, 1.165) is 25.1 Å². The zero-order chi connectivity index (χ0) is 34.0. The van der Waals surface area contributed by atoms with Crippen LogP contribution >= 0.6 is 0 Å². The minimum atomic E-state index is -0.854. The second-order valence-corrected chi connectivity index (χ2v) is 12.7. The van der Waals surface area contributed by atoms with Gasteiger partial charge in [-0.25, -0.2) is 4.79 Å². The highest BCUT2D eigenvalue weighted by Crippen LogP contribution is 2.32. The first-order valence-corrected chi connectivity index (χ1v) is 16.6. The predicted molar refractivity (Wildman–Crippen MR) is 177 cm³/mol. The number of hydrogen-bond acceptors (Lipinski definition) is 9. The van der Waals surface area contributed by atoms with Crippen molar-refractivity contribution in [1.29, 1.82) is 0 Å². The lowest BCUT2D eigenvalue weighted by molar-refractivity contribution is -0.164. The molecule has 0 radical (unpaired) electrons. The molecule has 2 aliphatic heterocycles. The van der Waals surface area contributed by atoms with E-state index in [1.165, 1.54) is 4.90 Å². The summed E-state index contributed by atoms with van der Waals surface area (Å²) in [4.78, 5) is 56.2. The van der Waals surface area contributed by atoms with Gasteiger partial charge in [-0.2, -0.15) is 0 Å². The Morgan fingerprint density at radius 2 is 1.70 bits per heavy atom. The van der Waals surface area contributed by atoms with Crippen molar-refractivity contribution in [3.05, 3.63) is 53.6 Å². The standard InChI is InChI=1S/C36H49N3O8/c1-6-36(2,3)33(41)34(42)39-19-8-7-12-28(39)35(43)47-29(15-13-25-14-16-30(44-4)31(22-25)45-5)26-10-9-11-27(23-26)46-24-32(40)38-20-17-37-18-21-38/h9-11,14,16,22-23,28-29,37H,6-8,12-13,15,17-21,24H2,1-5H3/t28-,29+/m0/s1. The molecule has 1 N–H and O–H groups in total. The number of Topliss-reactive ketones (excluding diaryl/α,β-unsaturated/α-hetero) is 1. The van der Waals surface area contributed by atoms with Crippen LogP contribution in [0.15, 0.2) is 42.5 Å². The number of hydrogen-bond donors (Lipinski definition) is 1. The summed E-state index contributed by atoms with van der Waals surface area (Å²) in [5.41, 5.74) is 0.833. The van der Waals surface area contributed by atoms with E-state index in [9.17, 15) is 19.2 Å². The fourth-order valence-electron chi connectivity index (χ4n) is 5.80. The van der Waals surface area contributed by atoms with Gasteiger partial charge in [0, 0.05) is 38.1 Å². The first kappa shape index (κ1) is 35.7. The highest BCUT2D eigenvalue weighted by atomic mass is 16.5. The van der Waals surface area contributed by atoms with Crippen LogP contribution in [0.2, 0.25) is 0 Å². The summed E-state index contributed by atoms with van der Waals surface area (Å²) < 4.78 is 23.0. The number of nitrogens with zero attached hydrogens (tertiary/aromatic N) is 2. The molecule has 11 heteroatoms. The number of piperidine rings is 1. The van der Waals surface area contributed by atoms with Crippen LogP contribution in [0.1, 0.15) is 70.1 Å². The summed E-state index contributed by atoms with van der Waals surface area (Å²) in [6.07, 6.45) is 2.67. The molecule has 0 saturated carbocycles. The molecule has 2 fully saturated rings. The molecule has 0 spiro atoms. The van der Waals surface area contributed by atoms with Gasteiger partial charge >= 0.3 is 5.97 Å². The van der Waals surface area contributed by atoms with Crippen LogP contribution in [0.5, 0.6) is 17.2 Å². The van der Waals surface area contributed by atoms with E-state index in [-0.39, 0.29) is 12.5 Å². The fraction of sp³-hybridized carbons (Fsp3) is 0.556. The summed E-state index contributed by atoms with van der Waals surface area (Å²) in [6.45, 7) is 8.38. The summed E-state index contributed by atoms with van der Waals surface area (Å²) >= 11 is 0. The van der Waals surface area contributed by atoms with Gasteiger partial charge in [-0.3, -0.25) is 14.4 Å². The minimum Gasteiger partial charge on any atom is -0.493 e.